The molecular weight excluding hydrogens is 497 g/mol. The van der Waals surface area contributed by atoms with Crippen molar-refractivity contribution in [2.75, 3.05) is 23.0 Å². The molecule has 0 fully saturated rings. The Balaban J connectivity index is 1.60. The Labute approximate surface area is 211 Å². The molecular formula is C23H23Cl2N5O3S. The van der Waals surface area contributed by atoms with Crippen molar-refractivity contribution >= 4 is 58.2 Å². The third kappa shape index (κ3) is 6.99. The Bertz CT molecular complexity index is 1170. The number of carbonyl (C=O) groups excluding carboxylic acids is 2. The summed E-state index contributed by atoms with van der Waals surface area (Å²) < 4.78 is 7.15. The van der Waals surface area contributed by atoms with Crippen LogP contribution in [0.1, 0.15) is 12.7 Å². The largest absolute Gasteiger partial charge is 0.494 e. The van der Waals surface area contributed by atoms with E-state index in [0.29, 0.717) is 40.5 Å². The second-order valence-electron chi connectivity index (χ2n) is 6.92. The molecule has 3 aromatic rings. The van der Waals surface area contributed by atoms with Gasteiger partial charge in [0.1, 0.15) is 11.6 Å². The van der Waals surface area contributed by atoms with Crippen molar-refractivity contribution in [3.8, 4) is 5.75 Å². The van der Waals surface area contributed by atoms with E-state index in [0.717, 1.165) is 5.75 Å². The number of ether oxygens (including phenoxy) is 1. The van der Waals surface area contributed by atoms with Crippen LogP contribution in [0.4, 0.5) is 11.4 Å². The smallest absolute Gasteiger partial charge is 0.234 e. The minimum absolute atomic E-state index is 0.0128. The van der Waals surface area contributed by atoms with Gasteiger partial charge in [0.25, 0.3) is 0 Å². The molecule has 3 rings (SSSR count). The molecule has 11 heteroatoms. The SMILES string of the molecule is C=CCn1c(CC(=O)Nc2ccc(OCC)cc2)nnc1SCC(=O)Nc1cccc(Cl)c1Cl. The van der Waals surface area contributed by atoms with Crippen molar-refractivity contribution in [2.24, 2.45) is 0 Å². The maximum absolute atomic E-state index is 12.5. The highest BCUT2D eigenvalue weighted by molar-refractivity contribution is 7.99. The van der Waals surface area contributed by atoms with Gasteiger partial charge in [-0.05, 0) is 43.3 Å². The fourth-order valence-corrected chi connectivity index (χ4v) is 4.05. The molecule has 0 bridgehead atoms. The molecule has 8 nitrogen and oxygen atoms in total. The molecule has 1 aromatic heterocycles. The molecule has 34 heavy (non-hydrogen) atoms. The molecule has 0 spiro atoms. The van der Waals surface area contributed by atoms with Crippen LogP contribution in [0.15, 0.2) is 60.3 Å². The number of aromatic nitrogens is 3. The summed E-state index contributed by atoms with van der Waals surface area (Å²) in [5, 5.41) is 15.0. The maximum atomic E-state index is 12.5. The first kappa shape index (κ1) is 25.6. The summed E-state index contributed by atoms with van der Waals surface area (Å²) in [6.07, 6.45) is 1.69. The van der Waals surface area contributed by atoms with Gasteiger partial charge in [0.2, 0.25) is 11.8 Å². The summed E-state index contributed by atoms with van der Waals surface area (Å²) >= 11 is 13.3. The summed E-state index contributed by atoms with van der Waals surface area (Å²) in [5.74, 6) is 0.735. The molecule has 0 radical (unpaired) electrons. The number of carbonyl (C=O) groups is 2. The van der Waals surface area contributed by atoms with Crippen LogP contribution in [-0.2, 0) is 22.6 Å². The van der Waals surface area contributed by atoms with Gasteiger partial charge in [-0.25, -0.2) is 0 Å². The second kappa shape index (κ2) is 12.5. The van der Waals surface area contributed by atoms with Gasteiger partial charge in [-0.2, -0.15) is 0 Å². The minimum atomic E-state index is -0.280. The molecule has 0 aliphatic rings. The zero-order valence-corrected chi connectivity index (χ0v) is 20.7. The van der Waals surface area contributed by atoms with Gasteiger partial charge in [0.05, 0.1) is 34.5 Å². The molecule has 178 valence electrons. The lowest BCUT2D eigenvalue weighted by Gasteiger charge is -2.10. The van der Waals surface area contributed by atoms with E-state index < -0.39 is 0 Å². The monoisotopic (exact) mass is 519 g/mol. The molecule has 0 unspecified atom stereocenters. The maximum Gasteiger partial charge on any atom is 0.234 e. The van der Waals surface area contributed by atoms with Crippen LogP contribution in [0, 0.1) is 0 Å². The van der Waals surface area contributed by atoms with Crippen LogP contribution in [0.2, 0.25) is 10.0 Å². The van der Waals surface area contributed by atoms with Crippen molar-refractivity contribution in [3.63, 3.8) is 0 Å². The average molecular weight is 520 g/mol. The Morgan fingerprint density at radius 2 is 1.88 bits per heavy atom. The van der Waals surface area contributed by atoms with E-state index in [-0.39, 0.29) is 29.0 Å². The lowest BCUT2D eigenvalue weighted by molar-refractivity contribution is -0.116. The molecule has 0 atom stereocenters. The van der Waals surface area contributed by atoms with Crippen molar-refractivity contribution in [3.05, 3.63) is 71.0 Å². The van der Waals surface area contributed by atoms with Gasteiger partial charge in [0, 0.05) is 12.2 Å². The number of nitrogens with one attached hydrogen (secondary N) is 2. The number of hydrogen-bond donors (Lipinski definition) is 2. The van der Waals surface area contributed by atoms with Crippen LogP contribution in [0.5, 0.6) is 5.75 Å². The average Bonchev–Trinajstić information content (AvgIpc) is 3.18. The Morgan fingerprint density at radius 1 is 1.12 bits per heavy atom. The Morgan fingerprint density at radius 3 is 2.59 bits per heavy atom. The van der Waals surface area contributed by atoms with E-state index in [1.807, 2.05) is 6.92 Å². The topological polar surface area (TPSA) is 98.1 Å². The third-order valence-corrected chi connectivity index (χ3v) is 6.22. The third-order valence-electron chi connectivity index (χ3n) is 4.43. The van der Waals surface area contributed by atoms with Gasteiger partial charge in [-0.1, -0.05) is 47.1 Å². The van der Waals surface area contributed by atoms with Crippen LogP contribution < -0.4 is 15.4 Å². The highest BCUT2D eigenvalue weighted by Gasteiger charge is 2.17. The number of allylic oxidation sites excluding steroid dienone is 1. The van der Waals surface area contributed by atoms with E-state index >= 15 is 0 Å². The normalized spacial score (nSPS) is 10.6. The zero-order valence-electron chi connectivity index (χ0n) is 18.4. The molecule has 0 saturated carbocycles. The number of thioether (sulfide) groups is 1. The summed E-state index contributed by atoms with van der Waals surface area (Å²) in [6.45, 7) is 6.62. The first-order valence-corrected chi connectivity index (χ1v) is 12.1. The van der Waals surface area contributed by atoms with Crippen LogP contribution in [0.25, 0.3) is 0 Å². The first-order valence-electron chi connectivity index (χ1n) is 10.3. The number of halogens is 2. The van der Waals surface area contributed by atoms with Gasteiger partial charge >= 0.3 is 0 Å². The van der Waals surface area contributed by atoms with Crippen molar-refractivity contribution in [1.29, 1.82) is 0 Å². The fraction of sp³-hybridized carbons (Fsp3) is 0.217. The number of hydrogen-bond acceptors (Lipinski definition) is 6. The van der Waals surface area contributed by atoms with E-state index in [2.05, 4.69) is 27.4 Å². The predicted molar refractivity (Wildman–Crippen MR) is 136 cm³/mol. The van der Waals surface area contributed by atoms with Crippen molar-refractivity contribution < 1.29 is 14.3 Å². The van der Waals surface area contributed by atoms with E-state index in [4.69, 9.17) is 27.9 Å². The van der Waals surface area contributed by atoms with Crippen molar-refractivity contribution in [1.82, 2.24) is 14.8 Å². The summed E-state index contributed by atoms with van der Waals surface area (Å²) in [4.78, 5) is 24.9. The molecule has 1 heterocycles. The number of amides is 2. The number of rotatable bonds is 11. The molecule has 2 aromatic carbocycles. The van der Waals surface area contributed by atoms with Crippen LogP contribution in [0.3, 0.4) is 0 Å². The lowest BCUT2D eigenvalue weighted by atomic mass is 10.3. The van der Waals surface area contributed by atoms with E-state index in [1.165, 1.54) is 11.8 Å². The minimum Gasteiger partial charge on any atom is -0.494 e. The van der Waals surface area contributed by atoms with Crippen LogP contribution >= 0.6 is 35.0 Å². The molecule has 0 aliphatic carbocycles. The van der Waals surface area contributed by atoms with Gasteiger partial charge in [-0.3, -0.25) is 9.59 Å². The molecule has 0 aliphatic heterocycles. The van der Waals surface area contributed by atoms with Crippen molar-refractivity contribution in [2.45, 2.75) is 25.0 Å². The number of anilines is 2. The van der Waals surface area contributed by atoms with E-state index in [9.17, 15) is 9.59 Å². The fourth-order valence-electron chi connectivity index (χ4n) is 2.94. The Kier molecular flexibility index (Phi) is 9.38. The highest BCUT2D eigenvalue weighted by Crippen LogP contribution is 2.29. The van der Waals surface area contributed by atoms with Gasteiger partial charge < -0.3 is 19.9 Å². The number of benzene rings is 2. The highest BCUT2D eigenvalue weighted by atomic mass is 35.5. The van der Waals surface area contributed by atoms with Crippen LogP contribution in [-0.4, -0.2) is 38.9 Å². The Hall–Kier alpha value is -3.01. The summed E-state index contributed by atoms with van der Waals surface area (Å²) in [6, 6.07) is 12.1. The quantitative estimate of drug-likeness (QED) is 0.270. The first-order chi connectivity index (χ1) is 16.4. The molecule has 2 amide bonds. The molecule has 2 N–H and O–H groups in total. The summed E-state index contributed by atoms with van der Waals surface area (Å²) in [5.41, 5.74) is 1.08. The predicted octanol–water partition coefficient (Wildman–Crippen LogP) is 5.08. The zero-order chi connectivity index (χ0) is 24.5. The molecule has 0 saturated heterocycles. The van der Waals surface area contributed by atoms with E-state index in [1.54, 1.807) is 53.1 Å². The summed E-state index contributed by atoms with van der Waals surface area (Å²) in [7, 11) is 0. The van der Waals surface area contributed by atoms with Gasteiger partial charge in [-0.15, -0.1) is 16.8 Å². The number of nitrogens with zero attached hydrogens (tertiary/aromatic N) is 3. The lowest BCUT2D eigenvalue weighted by Crippen LogP contribution is -2.18. The second-order valence-corrected chi connectivity index (χ2v) is 8.65. The standard InChI is InChI=1S/C23H23Cl2N5O3S/c1-3-12-30-19(13-20(31)26-15-8-10-16(11-9-15)33-4-2)28-29-23(30)34-14-21(32)27-18-7-5-6-17(24)22(18)25/h3,5-11H,1,4,12-14H2,2H3,(H,26,31)(H,27,32). The van der Waals surface area contributed by atoms with Gasteiger partial charge in [0.15, 0.2) is 5.16 Å².